The van der Waals surface area contributed by atoms with Crippen LogP contribution in [0.1, 0.15) is 35.4 Å². The summed E-state index contributed by atoms with van der Waals surface area (Å²) < 4.78 is 50.2. The fourth-order valence-corrected chi connectivity index (χ4v) is 2.36. The van der Waals surface area contributed by atoms with Crippen LogP contribution in [0, 0.1) is 13.8 Å². The standard InChI is InChI=1S/C18H23F3N4O2.HI/c1-5-22-17(24-10-16-25-11(2)12(3)27-16)23-9-13-6-7-14(26-4)8-15(13)18(19,20)21;/h6-8H,5,9-10H2,1-4H3,(H2,22,23,24);1H. The topological polar surface area (TPSA) is 71.7 Å². The van der Waals surface area contributed by atoms with Crippen molar-refractivity contribution in [2.24, 2.45) is 4.99 Å². The minimum absolute atomic E-state index is 0. The molecule has 0 amide bonds. The van der Waals surface area contributed by atoms with Crippen molar-refractivity contribution in [2.45, 2.75) is 40.0 Å². The molecule has 0 spiro atoms. The van der Waals surface area contributed by atoms with Crippen LogP contribution in [0.25, 0.3) is 0 Å². The van der Waals surface area contributed by atoms with Gasteiger partial charge in [-0.15, -0.1) is 24.0 Å². The van der Waals surface area contributed by atoms with E-state index >= 15 is 0 Å². The molecule has 2 rings (SSSR count). The molecule has 0 aliphatic carbocycles. The molecular weight excluding hydrogens is 488 g/mol. The fraction of sp³-hybridized carbons (Fsp3) is 0.444. The maximum Gasteiger partial charge on any atom is 0.416 e. The normalized spacial score (nSPS) is 11.8. The monoisotopic (exact) mass is 512 g/mol. The molecule has 0 aliphatic rings. The number of nitrogens with zero attached hydrogens (tertiary/aromatic N) is 2. The minimum Gasteiger partial charge on any atom is -0.497 e. The van der Waals surface area contributed by atoms with E-state index in [1.165, 1.54) is 19.2 Å². The number of alkyl halides is 3. The predicted molar refractivity (Wildman–Crippen MR) is 111 cm³/mol. The van der Waals surface area contributed by atoms with Crippen LogP contribution in [0.15, 0.2) is 27.6 Å². The third-order valence-corrected chi connectivity index (χ3v) is 3.85. The SMILES string of the molecule is CCNC(=NCc1ccc(OC)cc1C(F)(F)F)NCc1nc(C)c(C)o1.I. The zero-order valence-electron chi connectivity index (χ0n) is 16.1. The second-order valence-corrected chi connectivity index (χ2v) is 5.82. The average Bonchev–Trinajstić information content (AvgIpc) is 2.94. The van der Waals surface area contributed by atoms with Gasteiger partial charge in [0.1, 0.15) is 11.5 Å². The smallest absolute Gasteiger partial charge is 0.416 e. The molecule has 0 radical (unpaired) electrons. The number of rotatable bonds is 6. The van der Waals surface area contributed by atoms with E-state index in [1.54, 1.807) is 0 Å². The van der Waals surface area contributed by atoms with E-state index in [4.69, 9.17) is 9.15 Å². The molecule has 2 aromatic rings. The third-order valence-electron chi connectivity index (χ3n) is 3.85. The molecular formula is C18H24F3IN4O2. The van der Waals surface area contributed by atoms with Gasteiger partial charge in [-0.25, -0.2) is 9.98 Å². The Balaban J connectivity index is 0.00000392. The number of nitrogens with one attached hydrogen (secondary N) is 2. The molecule has 0 saturated heterocycles. The van der Waals surface area contributed by atoms with Crippen molar-refractivity contribution >= 4 is 29.9 Å². The summed E-state index contributed by atoms with van der Waals surface area (Å²) in [5.41, 5.74) is 0.0884. The molecule has 0 fully saturated rings. The van der Waals surface area contributed by atoms with E-state index in [9.17, 15) is 13.2 Å². The Labute approximate surface area is 179 Å². The van der Waals surface area contributed by atoms with Gasteiger partial charge in [-0.3, -0.25) is 0 Å². The van der Waals surface area contributed by atoms with Crippen molar-refractivity contribution in [1.29, 1.82) is 0 Å². The Morgan fingerprint density at radius 3 is 2.50 bits per heavy atom. The molecule has 10 heteroatoms. The first-order chi connectivity index (χ1) is 12.7. The van der Waals surface area contributed by atoms with Crippen LogP contribution < -0.4 is 15.4 Å². The van der Waals surface area contributed by atoms with Crippen LogP contribution in [-0.4, -0.2) is 24.6 Å². The number of benzene rings is 1. The fourth-order valence-electron chi connectivity index (χ4n) is 2.36. The van der Waals surface area contributed by atoms with Gasteiger partial charge in [0.05, 0.1) is 31.5 Å². The van der Waals surface area contributed by atoms with Crippen LogP contribution in [0.3, 0.4) is 0 Å². The second-order valence-electron chi connectivity index (χ2n) is 5.82. The van der Waals surface area contributed by atoms with Crippen LogP contribution in [0.4, 0.5) is 13.2 Å². The number of aryl methyl sites for hydroxylation is 2. The number of aliphatic imine (C=N–C) groups is 1. The van der Waals surface area contributed by atoms with E-state index in [0.29, 0.717) is 18.4 Å². The van der Waals surface area contributed by atoms with Gasteiger partial charge in [0.15, 0.2) is 5.96 Å². The van der Waals surface area contributed by atoms with Crippen molar-refractivity contribution in [3.8, 4) is 5.75 Å². The summed E-state index contributed by atoms with van der Waals surface area (Å²) in [6.07, 6.45) is -4.49. The summed E-state index contributed by atoms with van der Waals surface area (Å²) >= 11 is 0. The Morgan fingerprint density at radius 1 is 1.25 bits per heavy atom. The maximum atomic E-state index is 13.3. The van der Waals surface area contributed by atoms with Gasteiger partial charge in [-0.05, 0) is 38.5 Å². The molecule has 1 aromatic carbocycles. The van der Waals surface area contributed by atoms with E-state index in [0.717, 1.165) is 17.5 Å². The number of oxazole rings is 1. The number of aromatic nitrogens is 1. The van der Waals surface area contributed by atoms with Gasteiger partial charge in [0, 0.05) is 6.54 Å². The lowest BCUT2D eigenvalue weighted by Gasteiger charge is -2.14. The number of halogens is 4. The first-order valence-electron chi connectivity index (χ1n) is 8.43. The van der Waals surface area contributed by atoms with Crippen molar-refractivity contribution in [3.63, 3.8) is 0 Å². The molecule has 156 valence electrons. The average molecular weight is 512 g/mol. The number of methoxy groups -OCH3 is 1. The molecule has 0 aliphatic heterocycles. The van der Waals surface area contributed by atoms with Crippen LogP contribution in [0.2, 0.25) is 0 Å². The highest BCUT2D eigenvalue weighted by Gasteiger charge is 2.33. The quantitative estimate of drug-likeness (QED) is 0.345. The molecule has 6 nitrogen and oxygen atoms in total. The number of guanidine groups is 1. The summed E-state index contributed by atoms with van der Waals surface area (Å²) in [7, 11) is 1.33. The molecule has 2 N–H and O–H groups in total. The van der Waals surface area contributed by atoms with Crippen molar-refractivity contribution in [3.05, 3.63) is 46.7 Å². The van der Waals surface area contributed by atoms with Gasteiger partial charge < -0.3 is 19.8 Å². The highest BCUT2D eigenvalue weighted by atomic mass is 127. The van der Waals surface area contributed by atoms with E-state index in [2.05, 4.69) is 20.6 Å². The molecule has 28 heavy (non-hydrogen) atoms. The Kier molecular flexibility index (Phi) is 9.05. The van der Waals surface area contributed by atoms with Crippen LogP contribution >= 0.6 is 24.0 Å². The van der Waals surface area contributed by atoms with Gasteiger partial charge in [-0.2, -0.15) is 13.2 Å². The summed E-state index contributed by atoms with van der Waals surface area (Å²) in [4.78, 5) is 8.49. The first-order valence-corrected chi connectivity index (χ1v) is 8.43. The summed E-state index contributed by atoms with van der Waals surface area (Å²) in [5, 5.41) is 5.99. The lowest BCUT2D eigenvalue weighted by Crippen LogP contribution is -2.36. The number of hydrogen-bond donors (Lipinski definition) is 2. The summed E-state index contributed by atoms with van der Waals surface area (Å²) in [5.74, 6) is 1.72. The first kappa shape index (κ1) is 24.1. The van der Waals surface area contributed by atoms with E-state index < -0.39 is 11.7 Å². The maximum absolute atomic E-state index is 13.3. The minimum atomic E-state index is -4.49. The lowest BCUT2D eigenvalue weighted by molar-refractivity contribution is -0.138. The van der Waals surface area contributed by atoms with Crippen LogP contribution in [-0.2, 0) is 19.3 Å². The Hall–Kier alpha value is -1.98. The van der Waals surface area contributed by atoms with Gasteiger partial charge in [0.2, 0.25) is 5.89 Å². The van der Waals surface area contributed by atoms with Gasteiger partial charge >= 0.3 is 6.18 Å². The van der Waals surface area contributed by atoms with Gasteiger partial charge in [-0.1, -0.05) is 6.07 Å². The number of hydrogen-bond acceptors (Lipinski definition) is 4. The Bertz CT molecular complexity index is 787. The van der Waals surface area contributed by atoms with E-state index in [1.807, 2.05) is 20.8 Å². The molecule has 0 atom stereocenters. The zero-order chi connectivity index (χ0) is 20.0. The van der Waals surface area contributed by atoms with E-state index in [-0.39, 0.29) is 48.4 Å². The predicted octanol–water partition coefficient (Wildman–Crippen LogP) is 4.19. The molecule has 1 aromatic heterocycles. The molecule has 1 heterocycles. The van der Waals surface area contributed by atoms with Gasteiger partial charge in [0.25, 0.3) is 0 Å². The molecule has 0 bridgehead atoms. The zero-order valence-corrected chi connectivity index (χ0v) is 18.4. The van der Waals surface area contributed by atoms with Crippen LogP contribution in [0.5, 0.6) is 5.75 Å². The second kappa shape index (κ2) is 10.5. The highest BCUT2D eigenvalue weighted by Crippen LogP contribution is 2.34. The lowest BCUT2D eigenvalue weighted by atomic mass is 10.1. The van der Waals surface area contributed by atoms with Crippen molar-refractivity contribution < 1.29 is 22.3 Å². The molecule has 0 unspecified atom stereocenters. The summed E-state index contributed by atoms with van der Waals surface area (Å²) in [6.45, 7) is 6.21. The van der Waals surface area contributed by atoms with Crippen molar-refractivity contribution in [1.82, 2.24) is 15.6 Å². The highest BCUT2D eigenvalue weighted by molar-refractivity contribution is 14.0. The molecule has 0 saturated carbocycles. The Morgan fingerprint density at radius 2 is 1.96 bits per heavy atom. The number of ether oxygens (including phenoxy) is 1. The van der Waals surface area contributed by atoms with Crippen molar-refractivity contribution in [2.75, 3.05) is 13.7 Å². The summed E-state index contributed by atoms with van der Waals surface area (Å²) in [6, 6.07) is 3.83. The third kappa shape index (κ3) is 6.57. The largest absolute Gasteiger partial charge is 0.497 e.